The van der Waals surface area contributed by atoms with Crippen molar-refractivity contribution in [2.24, 2.45) is 0 Å². The highest BCUT2D eigenvalue weighted by Crippen LogP contribution is 2.32. The summed E-state index contributed by atoms with van der Waals surface area (Å²) in [4.78, 5) is 22.9. The average Bonchev–Trinajstić information content (AvgIpc) is 3.50. The topological polar surface area (TPSA) is 54.9 Å². The number of amides is 1. The molecule has 0 aliphatic heterocycles. The number of fused-ring (bicyclic) bond motifs is 1. The second-order valence-electron chi connectivity index (χ2n) is 6.78. The maximum absolute atomic E-state index is 13.0. The molecular formula is C24H17N3OS3. The Hall–Kier alpha value is -3.00. The van der Waals surface area contributed by atoms with Crippen LogP contribution >= 0.6 is 34.4 Å². The summed E-state index contributed by atoms with van der Waals surface area (Å²) in [6.07, 6.45) is 0. The molecule has 0 unspecified atom stereocenters. The molecule has 7 heteroatoms. The summed E-state index contributed by atoms with van der Waals surface area (Å²) in [6.45, 7) is 0. The van der Waals surface area contributed by atoms with E-state index in [2.05, 4.69) is 39.6 Å². The molecule has 0 aliphatic rings. The molecule has 5 aromatic rings. The van der Waals surface area contributed by atoms with E-state index in [1.807, 2.05) is 58.7 Å². The zero-order chi connectivity index (χ0) is 21.0. The molecule has 3 aromatic carbocycles. The lowest BCUT2D eigenvalue weighted by Gasteiger charge is -2.08. The largest absolute Gasteiger partial charge is 0.298 e. The number of hydrogen-bond acceptors (Lipinski definition) is 6. The van der Waals surface area contributed by atoms with Gasteiger partial charge in [0, 0.05) is 27.0 Å². The SMILES string of the molecule is O=C(Nc1nc(-c2cccc3ccccc23)cs1)c1ccccc1SCc1cscn1. The lowest BCUT2D eigenvalue weighted by Crippen LogP contribution is -2.12. The van der Waals surface area contributed by atoms with Crippen molar-refractivity contribution in [2.75, 3.05) is 5.32 Å². The molecule has 1 amide bonds. The van der Waals surface area contributed by atoms with Crippen molar-refractivity contribution in [1.29, 1.82) is 0 Å². The van der Waals surface area contributed by atoms with Crippen LogP contribution in [0.25, 0.3) is 22.0 Å². The van der Waals surface area contributed by atoms with Crippen LogP contribution in [0.4, 0.5) is 5.13 Å². The van der Waals surface area contributed by atoms with Crippen molar-refractivity contribution in [3.63, 3.8) is 0 Å². The van der Waals surface area contributed by atoms with Gasteiger partial charge in [0.1, 0.15) is 0 Å². The van der Waals surface area contributed by atoms with E-state index in [-0.39, 0.29) is 5.91 Å². The van der Waals surface area contributed by atoms with Crippen LogP contribution in [-0.4, -0.2) is 15.9 Å². The highest BCUT2D eigenvalue weighted by Gasteiger charge is 2.15. The van der Waals surface area contributed by atoms with E-state index in [4.69, 9.17) is 0 Å². The molecule has 0 radical (unpaired) electrons. The van der Waals surface area contributed by atoms with E-state index in [9.17, 15) is 4.79 Å². The van der Waals surface area contributed by atoms with Crippen molar-refractivity contribution in [3.05, 3.63) is 94.3 Å². The van der Waals surface area contributed by atoms with E-state index in [0.29, 0.717) is 10.7 Å². The number of rotatable bonds is 6. The van der Waals surface area contributed by atoms with E-state index in [1.165, 1.54) is 16.7 Å². The molecule has 2 heterocycles. The summed E-state index contributed by atoms with van der Waals surface area (Å²) in [5.41, 5.74) is 5.41. The highest BCUT2D eigenvalue weighted by molar-refractivity contribution is 7.98. The Bertz CT molecular complexity index is 1340. The van der Waals surface area contributed by atoms with Gasteiger partial charge in [0.2, 0.25) is 0 Å². The first-order valence-electron chi connectivity index (χ1n) is 9.62. The van der Waals surface area contributed by atoms with Crippen LogP contribution in [0.2, 0.25) is 0 Å². The molecule has 0 fully saturated rings. The number of nitrogens with one attached hydrogen (secondary N) is 1. The van der Waals surface area contributed by atoms with E-state index in [1.54, 1.807) is 23.1 Å². The molecule has 5 rings (SSSR count). The molecular weight excluding hydrogens is 442 g/mol. The number of hydrogen-bond donors (Lipinski definition) is 1. The molecule has 0 saturated carbocycles. The fourth-order valence-electron chi connectivity index (χ4n) is 3.31. The van der Waals surface area contributed by atoms with E-state index >= 15 is 0 Å². The first-order chi connectivity index (χ1) is 15.3. The minimum atomic E-state index is -0.153. The number of nitrogens with zero attached hydrogens (tertiary/aromatic N) is 2. The van der Waals surface area contributed by atoms with Crippen molar-refractivity contribution in [3.8, 4) is 11.3 Å². The third-order valence-electron chi connectivity index (χ3n) is 4.78. The Balaban J connectivity index is 1.36. The van der Waals surface area contributed by atoms with Gasteiger partial charge in [-0.1, -0.05) is 54.6 Å². The fourth-order valence-corrected chi connectivity index (χ4v) is 5.63. The van der Waals surface area contributed by atoms with Gasteiger partial charge in [0.05, 0.1) is 22.5 Å². The fraction of sp³-hybridized carbons (Fsp3) is 0.0417. The number of anilines is 1. The first kappa shape index (κ1) is 19.9. The number of aromatic nitrogens is 2. The van der Waals surface area contributed by atoms with Gasteiger partial charge >= 0.3 is 0 Å². The molecule has 0 atom stereocenters. The molecule has 4 nitrogen and oxygen atoms in total. The van der Waals surface area contributed by atoms with Gasteiger partial charge in [-0.15, -0.1) is 34.4 Å². The van der Waals surface area contributed by atoms with Crippen molar-refractivity contribution >= 4 is 56.2 Å². The lowest BCUT2D eigenvalue weighted by atomic mass is 10.0. The summed E-state index contributed by atoms with van der Waals surface area (Å²) in [7, 11) is 0. The van der Waals surface area contributed by atoms with Crippen molar-refractivity contribution in [1.82, 2.24) is 9.97 Å². The predicted octanol–water partition coefficient (Wildman–Crippen LogP) is 6.96. The number of thioether (sulfide) groups is 1. The summed E-state index contributed by atoms with van der Waals surface area (Å²) in [5.74, 6) is 0.580. The minimum Gasteiger partial charge on any atom is -0.298 e. The van der Waals surface area contributed by atoms with Gasteiger partial charge in [-0.05, 0) is 22.9 Å². The smallest absolute Gasteiger partial charge is 0.258 e. The normalized spacial score (nSPS) is 11.0. The van der Waals surface area contributed by atoms with Crippen LogP contribution in [0, 0.1) is 0 Å². The van der Waals surface area contributed by atoms with Crippen LogP contribution in [0.3, 0.4) is 0 Å². The zero-order valence-corrected chi connectivity index (χ0v) is 18.8. The quantitative estimate of drug-likeness (QED) is 0.279. The monoisotopic (exact) mass is 459 g/mol. The Morgan fingerprint density at radius 1 is 0.968 bits per heavy atom. The van der Waals surface area contributed by atoms with Gasteiger partial charge in [0.25, 0.3) is 5.91 Å². The molecule has 31 heavy (non-hydrogen) atoms. The van der Waals surface area contributed by atoms with Gasteiger partial charge in [-0.25, -0.2) is 9.97 Å². The average molecular weight is 460 g/mol. The Morgan fingerprint density at radius 2 is 1.81 bits per heavy atom. The number of carbonyl (C=O) groups is 1. The second kappa shape index (κ2) is 9.01. The van der Waals surface area contributed by atoms with Crippen LogP contribution in [0.1, 0.15) is 16.1 Å². The second-order valence-corrected chi connectivity index (χ2v) is 9.38. The molecule has 1 N–H and O–H groups in total. The third kappa shape index (κ3) is 4.39. The Kier molecular flexibility index (Phi) is 5.80. The standard InChI is InChI=1S/C24H17N3OS3/c28-23(20-9-3-4-11-22(20)30-13-17-12-29-15-25-17)27-24-26-21(14-31-24)19-10-5-7-16-6-1-2-8-18(16)19/h1-12,14-15H,13H2,(H,26,27,28). The van der Waals surface area contributed by atoms with Gasteiger partial charge in [0.15, 0.2) is 5.13 Å². The van der Waals surface area contributed by atoms with E-state index < -0.39 is 0 Å². The molecule has 2 aromatic heterocycles. The zero-order valence-electron chi connectivity index (χ0n) is 16.3. The number of benzene rings is 3. The van der Waals surface area contributed by atoms with Crippen molar-refractivity contribution in [2.45, 2.75) is 10.6 Å². The maximum atomic E-state index is 13.0. The molecule has 0 saturated heterocycles. The van der Waals surface area contributed by atoms with Crippen LogP contribution < -0.4 is 5.32 Å². The minimum absolute atomic E-state index is 0.153. The van der Waals surface area contributed by atoms with Crippen LogP contribution in [0.15, 0.2) is 87.9 Å². The number of thiazole rings is 2. The summed E-state index contributed by atoms with van der Waals surface area (Å²) < 4.78 is 0. The lowest BCUT2D eigenvalue weighted by molar-refractivity contribution is 0.102. The summed E-state index contributed by atoms with van der Waals surface area (Å²) >= 11 is 4.63. The summed E-state index contributed by atoms with van der Waals surface area (Å²) in [6, 6.07) is 22.1. The Morgan fingerprint density at radius 3 is 2.71 bits per heavy atom. The van der Waals surface area contributed by atoms with Crippen molar-refractivity contribution < 1.29 is 4.79 Å². The Labute approximate surface area is 192 Å². The molecule has 0 spiro atoms. The van der Waals surface area contributed by atoms with Crippen LogP contribution in [0.5, 0.6) is 0 Å². The van der Waals surface area contributed by atoms with Crippen LogP contribution in [-0.2, 0) is 5.75 Å². The number of carbonyl (C=O) groups excluding carboxylic acids is 1. The van der Waals surface area contributed by atoms with Gasteiger partial charge in [-0.2, -0.15) is 0 Å². The van der Waals surface area contributed by atoms with E-state index in [0.717, 1.165) is 33.0 Å². The highest BCUT2D eigenvalue weighted by atomic mass is 32.2. The third-order valence-corrected chi connectivity index (χ3v) is 7.28. The first-order valence-corrected chi connectivity index (χ1v) is 12.4. The molecule has 0 aliphatic carbocycles. The predicted molar refractivity (Wildman–Crippen MR) is 131 cm³/mol. The van der Waals surface area contributed by atoms with Gasteiger partial charge < -0.3 is 0 Å². The molecule has 0 bridgehead atoms. The maximum Gasteiger partial charge on any atom is 0.258 e. The van der Waals surface area contributed by atoms with Gasteiger partial charge in [-0.3, -0.25) is 10.1 Å². The summed E-state index contributed by atoms with van der Waals surface area (Å²) in [5, 5.41) is 9.90. The molecule has 152 valence electrons.